The number of phenolic OH excluding ortho intramolecular Hbond substituents is 1. The first-order valence-electron chi connectivity index (χ1n) is 8.15. The van der Waals surface area contributed by atoms with E-state index in [1.807, 2.05) is 0 Å². The lowest BCUT2D eigenvalue weighted by molar-refractivity contribution is -0.140. The van der Waals surface area contributed by atoms with Crippen molar-refractivity contribution in [2.24, 2.45) is 40.6 Å². The maximum Gasteiger partial charge on any atom is 0.254 e. The first-order chi connectivity index (χ1) is 11.6. The molecule has 0 aromatic heterocycles. The zero-order chi connectivity index (χ0) is 16.6. The monoisotopic (exact) mass is 386 g/mol. The average molecular weight is 387 g/mol. The zero-order valence-electron chi connectivity index (χ0n) is 12.7. The molecular formula is C18H15BrN2O3. The standard InChI is InChI=1S/C18H15BrN2O3/c19-13-5-8(1-4-14(13)22)7-20-21-17(23)15-9-2-3-10(12-6-11(9)12)16(15)18(21)24/h1-5,7,9-12,15-16,22H,6H2/b20-7-/t9-,10-,11-,12+,15-,16-/m1/s1. The molecule has 5 nitrogen and oxygen atoms in total. The number of aromatic hydroxyl groups is 1. The normalized spacial score (nSPS) is 38.8. The van der Waals surface area contributed by atoms with Gasteiger partial charge >= 0.3 is 0 Å². The molecule has 0 unspecified atom stereocenters. The highest BCUT2D eigenvalue weighted by Crippen LogP contribution is 2.65. The van der Waals surface area contributed by atoms with Gasteiger partial charge in [-0.15, -0.1) is 0 Å². The van der Waals surface area contributed by atoms with E-state index in [-0.39, 0.29) is 41.2 Å². The summed E-state index contributed by atoms with van der Waals surface area (Å²) in [6, 6.07) is 4.91. The van der Waals surface area contributed by atoms with Crippen LogP contribution in [0.5, 0.6) is 5.75 Å². The molecule has 1 N–H and O–H groups in total. The maximum atomic E-state index is 12.8. The van der Waals surface area contributed by atoms with Gasteiger partial charge < -0.3 is 5.11 Å². The Hall–Kier alpha value is -1.95. The highest BCUT2D eigenvalue weighted by molar-refractivity contribution is 9.10. The third kappa shape index (κ3) is 1.83. The second-order valence-electron chi connectivity index (χ2n) is 7.10. The van der Waals surface area contributed by atoms with Crippen molar-refractivity contribution in [2.45, 2.75) is 6.42 Å². The summed E-state index contributed by atoms with van der Waals surface area (Å²) in [4.78, 5) is 25.5. The molecule has 1 aromatic carbocycles. The molecule has 2 amide bonds. The number of phenols is 1. The molecule has 6 atom stereocenters. The van der Waals surface area contributed by atoms with E-state index in [9.17, 15) is 14.7 Å². The van der Waals surface area contributed by atoms with Crippen LogP contribution in [0.25, 0.3) is 0 Å². The lowest BCUT2D eigenvalue weighted by atomic mass is 9.63. The minimum absolute atomic E-state index is 0.133. The van der Waals surface area contributed by atoms with Gasteiger partial charge in [0.15, 0.2) is 0 Å². The number of imide groups is 1. The number of hydrazone groups is 1. The fourth-order valence-electron chi connectivity index (χ4n) is 4.78. The number of carbonyl (C=O) groups is 2. The SMILES string of the molecule is O=C1[C@@H]2[C@@H]3C=C[C@H]([C@@H]4C[C@H]34)[C@H]2C(=O)N1/N=C\c1ccc(O)c(Br)c1. The van der Waals surface area contributed by atoms with Gasteiger partial charge in [-0.05, 0) is 69.8 Å². The summed E-state index contributed by atoms with van der Waals surface area (Å²) in [6.07, 6.45) is 6.94. The van der Waals surface area contributed by atoms with E-state index in [0.29, 0.717) is 21.9 Å². The molecule has 2 saturated carbocycles. The van der Waals surface area contributed by atoms with E-state index in [0.717, 1.165) is 11.4 Å². The largest absolute Gasteiger partial charge is 0.507 e. The molecule has 6 rings (SSSR count). The Morgan fingerprint density at radius 3 is 2.33 bits per heavy atom. The average Bonchev–Trinajstić information content (AvgIpc) is 3.35. The number of hydrogen-bond donors (Lipinski definition) is 1. The van der Waals surface area contributed by atoms with Gasteiger partial charge in [0, 0.05) is 0 Å². The van der Waals surface area contributed by atoms with Crippen LogP contribution in [0.4, 0.5) is 0 Å². The highest BCUT2D eigenvalue weighted by atomic mass is 79.9. The van der Waals surface area contributed by atoms with E-state index < -0.39 is 0 Å². The van der Waals surface area contributed by atoms with Crippen molar-refractivity contribution >= 4 is 34.0 Å². The molecule has 1 heterocycles. The van der Waals surface area contributed by atoms with Crippen LogP contribution in [0, 0.1) is 35.5 Å². The third-order valence-corrected chi connectivity index (χ3v) is 6.57. The summed E-state index contributed by atoms with van der Waals surface area (Å²) in [5.74, 6) is 0.972. The summed E-state index contributed by atoms with van der Waals surface area (Å²) in [5.41, 5.74) is 0.707. The lowest BCUT2D eigenvalue weighted by Crippen LogP contribution is -2.40. The van der Waals surface area contributed by atoms with Crippen LogP contribution < -0.4 is 0 Å². The van der Waals surface area contributed by atoms with E-state index in [1.54, 1.807) is 12.1 Å². The van der Waals surface area contributed by atoms with Crippen molar-refractivity contribution in [2.75, 3.05) is 0 Å². The van der Waals surface area contributed by atoms with Crippen LogP contribution in [0.15, 0.2) is 39.9 Å². The summed E-state index contributed by atoms with van der Waals surface area (Å²) >= 11 is 3.24. The molecule has 2 bridgehead atoms. The predicted molar refractivity (Wildman–Crippen MR) is 90.0 cm³/mol. The fraction of sp³-hybridized carbons (Fsp3) is 0.389. The smallest absolute Gasteiger partial charge is 0.254 e. The Labute approximate surface area is 147 Å². The minimum atomic E-state index is -0.222. The summed E-state index contributed by atoms with van der Waals surface area (Å²) in [6.45, 7) is 0. The van der Waals surface area contributed by atoms with E-state index in [2.05, 4.69) is 33.2 Å². The third-order valence-electron chi connectivity index (χ3n) is 5.93. The molecule has 5 aliphatic rings. The fourth-order valence-corrected chi connectivity index (χ4v) is 5.18. The molecule has 24 heavy (non-hydrogen) atoms. The molecule has 1 aliphatic heterocycles. The van der Waals surface area contributed by atoms with E-state index >= 15 is 0 Å². The highest BCUT2D eigenvalue weighted by Gasteiger charge is 2.67. The van der Waals surface area contributed by atoms with Crippen LogP contribution in [0.2, 0.25) is 0 Å². The van der Waals surface area contributed by atoms with Gasteiger partial charge in [0.25, 0.3) is 11.8 Å². The van der Waals surface area contributed by atoms with Crippen LogP contribution >= 0.6 is 15.9 Å². The number of allylic oxidation sites excluding steroid dienone is 2. The van der Waals surface area contributed by atoms with E-state index in [1.165, 1.54) is 12.3 Å². The molecule has 0 spiro atoms. The first-order valence-corrected chi connectivity index (χ1v) is 8.94. The quantitative estimate of drug-likeness (QED) is 0.482. The Kier molecular flexibility index (Phi) is 2.87. The van der Waals surface area contributed by atoms with Gasteiger partial charge in [-0.3, -0.25) is 9.59 Å². The molecule has 1 aromatic rings. The van der Waals surface area contributed by atoms with E-state index in [4.69, 9.17) is 0 Å². The van der Waals surface area contributed by atoms with Crippen LogP contribution in [-0.2, 0) is 9.59 Å². The number of carbonyl (C=O) groups excluding carboxylic acids is 2. The van der Waals surface area contributed by atoms with Gasteiger partial charge in [-0.2, -0.15) is 10.1 Å². The number of rotatable bonds is 2. The summed E-state index contributed by atoms with van der Waals surface area (Å²) < 4.78 is 0.543. The Morgan fingerprint density at radius 1 is 1.12 bits per heavy atom. The molecule has 6 heteroatoms. The summed E-state index contributed by atoms with van der Waals surface area (Å²) in [7, 11) is 0. The molecule has 0 radical (unpaired) electrons. The number of benzene rings is 1. The van der Waals surface area contributed by atoms with Crippen LogP contribution in [0.3, 0.4) is 0 Å². The Bertz CT molecular complexity index is 798. The Morgan fingerprint density at radius 2 is 1.75 bits per heavy atom. The molecule has 1 saturated heterocycles. The predicted octanol–water partition coefficient (Wildman–Crippen LogP) is 2.54. The number of halogens is 1. The lowest BCUT2D eigenvalue weighted by Gasteiger charge is -2.37. The maximum absolute atomic E-state index is 12.8. The second kappa shape index (κ2) is 4.79. The van der Waals surface area contributed by atoms with Gasteiger partial charge in [0.05, 0.1) is 22.5 Å². The van der Waals surface area contributed by atoms with Crippen molar-refractivity contribution in [1.29, 1.82) is 0 Å². The number of amides is 2. The van der Waals surface area contributed by atoms with Gasteiger partial charge in [0.1, 0.15) is 5.75 Å². The first kappa shape index (κ1) is 14.4. The zero-order valence-corrected chi connectivity index (χ0v) is 14.3. The van der Waals surface area contributed by atoms with Crippen molar-refractivity contribution in [1.82, 2.24) is 5.01 Å². The number of nitrogens with zero attached hydrogens (tertiary/aromatic N) is 2. The Balaban J connectivity index is 1.44. The molecule has 4 aliphatic carbocycles. The molecular weight excluding hydrogens is 372 g/mol. The second-order valence-corrected chi connectivity index (χ2v) is 7.95. The topological polar surface area (TPSA) is 70.0 Å². The van der Waals surface area contributed by atoms with Gasteiger partial charge in [-0.25, -0.2) is 0 Å². The van der Waals surface area contributed by atoms with Crippen LogP contribution in [-0.4, -0.2) is 28.1 Å². The molecule has 122 valence electrons. The van der Waals surface area contributed by atoms with Crippen molar-refractivity contribution in [3.63, 3.8) is 0 Å². The number of hydrogen-bond acceptors (Lipinski definition) is 4. The van der Waals surface area contributed by atoms with Gasteiger partial charge in [0.2, 0.25) is 0 Å². The van der Waals surface area contributed by atoms with Gasteiger partial charge in [-0.1, -0.05) is 12.2 Å². The van der Waals surface area contributed by atoms with Crippen molar-refractivity contribution in [3.8, 4) is 5.75 Å². The van der Waals surface area contributed by atoms with Crippen molar-refractivity contribution in [3.05, 3.63) is 40.4 Å². The van der Waals surface area contributed by atoms with Crippen LogP contribution in [0.1, 0.15) is 12.0 Å². The van der Waals surface area contributed by atoms with Crippen molar-refractivity contribution < 1.29 is 14.7 Å². The summed E-state index contributed by atoms with van der Waals surface area (Å²) in [5, 5.41) is 14.8. The molecule has 3 fully saturated rings. The minimum Gasteiger partial charge on any atom is -0.507 e.